The Hall–Kier alpha value is -3.16. The fraction of sp³-hybridized carbons (Fsp3) is 0.345. The minimum Gasteiger partial charge on any atom is -0.388 e. The molecular formula is C29H34N4O2S. The number of pyridine rings is 1. The Balaban J connectivity index is 1.47. The molecule has 4 aromatic rings. The second-order valence-corrected chi connectivity index (χ2v) is 12.5. The van der Waals surface area contributed by atoms with Gasteiger partial charge in [-0.1, -0.05) is 30.3 Å². The SMILES string of the molecule is CNc1ccc(-c2ccc3c(CCC(C)(C)N4CCS(=O)(=O)CC4)cn(-c4ccccc4)c3n2)cc1. The molecule has 7 heteroatoms. The minimum absolute atomic E-state index is 0.0838. The van der Waals surface area contributed by atoms with Crippen LogP contribution in [0.1, 0.15) is 25.8 Å². The normalized spacial score (nSPS) is 16.3. The van der Waals surface area contributed by atoms with Crippen molar-refractivity contribution in [3.63, 3.8) is 0 Å². The summed E-state index contributed by atoms with van der Waals surface area (Å²) in [5.74, 6) is 0.511. The van der Waals surface area contributed by atoms with Gasteiger partial charge in [0.1, 0.15) is 5.65 Å². The van der Waals surface area contributed by atoms with Crippen LogP contribution in [-0.4, -0.2) is 60.1 Å². The Labute approximate surface area is 213 Å². The quantitative estimate of drug-likeness (QED) is 0.377. The molecule has 1 fully saturated rings. The summed E-state index contributed by atoms with van der Waals surface area (Å²) in [6.45, 7) is 5.68. The van der Waals surface area contributed by atoms with E-state index in [1.807, 2.05) is 13.1 Å². The Kier molecular flexibility index (Phi) is 6.62. The molecule has 2 aromatic carbocycles. The number of nitrogens with zero attached hydrogens (tertiary/aromatic N) is 3. The molecule has 3 heterocycles. The van der Waals surface area contributed by atoms with Gasteiger partial charge >= 0.3 is 0 Å². The number of anilines is 1. The van der Waals surface area contributed by atoms with Crippen molar-refractivity contribution in [2.24, 2.45) is 0 Å². The topological polar surface area (TPSA) is 67.2 Å². The molecule has 0 unspecified atom stereocenters. The second-order valence-electron chi connectivity index (χ2n) is 10.2. The monoisotopic (exact) mass is 502 g/mol. The molecule has 0 atom stereocenters. The van der Waals surface area contributed by atoms with Crippen molar-refractivity contribution >= 4 is 26.6 Å². The van der Waals surface area contributed by atoms with Crippen molar-refractivity contribution in [1.29, 1.82) is 0 Å². The third-order valence-corrected chi connectivity index (χ3v) is 9.05. The fourth-order valence-corrected chi connectivity index (χ4v) is 6.24. The maximum absolute atomic E-state index is 11.9. The van der Waals surface area contributed by atoms with E-state index in [4.69, 9.17) is 4.98 Å². The van der Waals surface area contributed by atoms with Crippen molar-refractivity contribution in [3.8, 4) is 16.9 Å². The standard InChI is InChI=1S/C29H34N4O2S/c1-29(2,32-17-19-36(34,35)20-18-32)16-15-23-21-33(25-7-5-4-6-8-25)28-26(23)13-14-27(31-28)22-9-11-24(30-3)12-10-22/h4-14,21,30H,15-20H2,1-3H3. The predicted octanol–water partition coefficient (Wildman–Crippen LogP) is 5.18. The summed E-state index contributed by atoms with van der Waals surface area (Å²) in [4.78, 5) is 7.44. The van der Waals surface area contributed by atoms with Gasteiger partial charge in [0, 0.05) is 54.2 Å². The zero-order valence-corrected chi connectivity index (χ0v) is 22.1. The fourth-order valence-electron chi connectivity index (χ4n) is 5.04. The molecule has 0 radical (unpaired) electrons. The lowest BCUT2D eigenvalue weighted by Gasteiger charge is -2.41. The number of fused-ring (bicyclic) bond motifs is 1. The lowest BCUT2D eigenvalue weighted by atomic mass is 9.93. The predicted molar refractivity (Wildman–Crippen MR) is 149 cm³/mol. The van der Waals surface area contributed by atoms with Gasteiger partial charge in [-0.25, -0.2) is 13.4 Å². The van der Waals surface area contributed by atoms with Gasteiger partial charge in [-0.2, -0.15) is 0 Å². The van der Waals surface area contributed by atoms with E-state index >= 15 is 0 Å². The van der Waals surface area contributed by atoms with E-state index in [-0.39, 0.29) is 17.0 Å². The van der Waals surface area contributed by atoms with Gasteiger partial charge in [0.2, 0.25) is 0 Å². The molecule has 0 bridgehead atoms. The van der Waals surface area contributed by atoms with Crippen LogP contribution in [0.25, 0.3) is 28.0 Å². The maximum atomic E-state index is 11.9. The summed E-state index contributed by atoms with van der Waals surface area (Å²) in [5.41, 5.74) is 6.32. The highest BCUT2D eigenvalue weighted by atomic mass is 32.2. The summed E-state index contributed by atoms with van der Waals surface area (Å²) in [5, 5.41) is 4.32. The number of aryl methyl sites for hydroxylation is 1. The lowest BCUT2D eigenvalue weighted by molar-refractivity contribution is 0.123. The molecule has 1 N–H and O–H groups in total. The van der Waals surface area contributed by atoms with Crippen molar-refractivity contribution in [2.45, 2.75) is 32.2 Å². The average molecular weight is 503 g/mol. The molecule has 0 saturated carbocycles. The maximum Gasteiger partial charge on any atom is 0.152 e. The molecular weight excluding hydrogens is 468 g/mol. The summed E-state index contributed by atoms with van der Waals surface area (Å²) >= 11 is 0. The van der Waals surface area contributed by atoms with Crippen LogP contribution in [0.4, 0.5) is 5.69 Å². The van der Waals surface area contributed by atoms with Gasteiger partial charge in [0.15, 0.2) is 9.84 Å². The molecule has 1 aliphatic heterocycles. The first kappa shape index (κ1) is 24.5. The molecule has 1 saturated heterocycles. The molecule has 0 spiro atoms. The summed E-state index contributed by atoms with van der Waals surface area (Å²) in [7, 11) is -0.968. The van der Waals surface area contributed by atoms with E-state index in [0.29, 0.717) is 13.1 Å². The average Bonchev–Trinajstić information content (AvgIpc) is 3.26. The van der Waals surface area contributed by atoms with Crippen molar-refractivity contribution in [2.75, 3.05) is 37.0 Å². The summed E-state index contributed by atoms with van der Waals surface area (Å²) in [6, 6.07) is 23.0. The van der Waals surface area contributed by atoms with Gasteiger partial charge in [0.25, 0.3) is 0 Å². The number of hydrogen-bond acceptors (Lipinski definition) is 5. The van der Waals surface area contributed by atoms with Gasteiger partial charge in [-0.3, -0.25) is 4.90 Å². The minimum atomic E-state index is -2.89. The molecule has 6 nitrogen and oxygen atoms in total. The Morgan fingerprint density at radius 3 is 2.31 bits per heavy atom. The molecule has 188 valence electrons. The number of hydrogen-bond donors (Lipinski definition) is 1. The third kappa shape index (κ3) is 5.04. The first-order valence-electron chi connectivity index (χ1n) is 12.6. The van der Waals surface area contributed by atoms with Crippen molar-refractivity contribution < 1.29 is 8.42 Å². The Morgan fingerprint density at radius 1 is 0.944 bits per heavy atom. The van der Waals surface area contributed by atoms with Crippen LogP contribution >= 0.6 is 0 Å². The van der Waals surface area contributed by atoms with Gasteiger partial charge < -0.3 is 9.88 Å². The van der Waals surface area contributed by atoms with E-state index < -0.39 is 9.84 Å². The molecule has 1 aliphatic rings. The number of benzene rings is 2. The number of sulfone groups is 1. The zero-order chi connectivity index (χ0) is 25.3. The van der Waals surface area contributed by atoms with E-state index in [0.717, 1.165) is 46.5 Å². The number of aromatic nitrogens is 2. The van der Waals surface area contributed by atoms with Crippen LogP contribution < -0.4 is 5.32 Å². The van der Waals surface area contributed by atoms with Gasteiger partial charge in [-0.05, 0) is 68.7 Å². The van der Waals surface area contributed by atoms with Gasteiger partial charge in [0.05, 0.1) is 17.2 Å². The van der Waals surface area contributed by atoms with Crippen LogP contribution in [0.2, 0.25) is 0 Å². The largest absolute Gasteiger partial charge is 0.388 e. The molecule has 5 rings (SSSR count). The highest BCUT2D eigenvalue weighted by molar-refractivity contribution is 7.91. The number of para-hydroxylation sites is 1. The Bertz CT molecular complexity index is 1440. The van der Waals surface area contributed by atoms with Crippen molar-refractivity contribution in [3.05, 3.63) is 78.5 Å². The van der Waals surface area contributed by atoms with Crippen LogP contribution in [0, 0.1) is 0 Å². The molecule has 2 aromatic heterocycles. The molecule has 36 heavy (non-hydrogen) atoms. The van der Waals surface area contributed by atoms with Crippen molar-refractivity contribution in [1.82, 2.24) is 14.5 Å². The zero-order valence-electron chi connectivity index (χ0n) is 21.2. The van der Waals surface area contributed by atoms with E-state index in [9.17, 15) is 8.42 Å². The smallest absolute Gasteiger partial charge is 0.152 e. The summed E-state index contributed by atoms with van der Waals surface area (Å²) in [6.07, 6.45) is 4.05. The van der Waals surface area contributed by atoms with Crippen LogP contribution in [0.3, 0.4) is 0 Å². The number of nitrogens with one attached hydrogen (secondary N) is 1. The van der Waals surface area contributed by atoms with Crippen LogP contribution in [0.5, 0.6) is 0 Å². The van der Waals surface area contributed by atoms with E-state index in [1.54, 1.807) is 0 Å². The third-order valence-electron chi connectivity index (χ3n) is 7.44. The molecule has 0 aliphatic carbocycles. The second kappa shape index (κ2) is 9.71. The van der Waals surface area contributed by atoms with E-state index in [1.165, 1.54) is 5.56 Å². The lowest BCUT2D eigenvalue weighted by Crippen LogP contribution is -2.51. The Morgan fingerprint density at radius 2 is 1.64 bits per heavy atom. The number of rotatable bonds is 7. The van der Waals surface area contributed by atoms with Crippen LogP contribution in [0.15, 0.2) is 72.9 Å². The van der Waals surface area contributed by atoms with E-state index in [2.05, 4.69) is 95.5 Å². The first-order valence-corrected chi connectivity index (χ1v) is 14.4. The highest BCUT2D eigenvalue weighted by Crippen LogP contribution is 2.31. The van der Waals surface area contributed by atoms with Gasteiger partial charge in [-0.15, -0.1) is 0 Å². The molecule has 0 amide bonds. The summed E-state index contributed by atoms with van der Waals surface area (Å²) < 4.78 is 26.0. The first-order chi connectivity index (χ1) is 17.3. The highest BCUT2D eigenvalue weighted by Gasteiger charge is 2.32. The van der Waals surface area contributed by atoms with Crippen LogP contribution in [-0.2, 0) is 16.3 Å².